The van der Waals surface area contributed by atoms with Gasteiger partial charge < -0.3 is 9.73 Å². The number of pyridine rings is 1. The van der Waals surface area contributed by atoms with Gasteiger partial charge in [-0.15, -0.1) is 0 Å². The van der Waals surface area contributed by atoms with Crippen molar-refractivity contribution < 1.29 is 9.21 Å². The lowest BCUT2D eigenvalue weighted by Crippen LogP contribution is -2.28. The number of nitrogens with zero attached hydrogens (tertiary/aromatic N) is 4. The molecule has 0 bridgehead atoms. The number of hydrogen-bond acceptors (Lipinski definition) is 5. The molecule has 0 aliphatic heterocycles. The first-order chi connectivity index (χ1) is 12.3. The van der Waals surface area contributed by atoms with Crippen molar-refractivity contribution in [3.8, 4) is 22.7 Å². The maximum atomic E-state index is 12.2. The van der Waals surface area contributed by atoms with Gasteiger partial charge in [0.1, 0.15) is 11.2 Å². The lowest BCUT2D eigenvalue weighted by Gasteiger charge is -2.00. The Morgan fingerprint density at radius 3 is 2.76 bits per heavy atom. The van der Waals surface area contributed by atoms with Crippen LogP contribution in [0.2, 0.25) is 0 Å². The summed E-state index contributed by atoms with van der Waals surface area (Å²) in [5.74, 6) is 0.420. The Balaban J connectivity index is 1.88. The average Bonchev–Trinajstić information content (AvgIpc) is 3.27. The van der Waals surface area contributed by atoms with Crippen LogP contribution >= 0.6 is 0 Å². The van der Waals surface area contributed by atoms with E-state index in [9.17, 15) is 4.79 Å². The summed E-state index contributed by atoms with van der Waals surface area (Å²) in [7, 11) is 0. The third-order valence-corrected chi connectivity index (χ3v) is 3.73. The van der Waals surface area contributed by atoms with E-state index in [0.29, 0.717) is 29.3 Å². The molecule has 1 aromatic carbocycles. The molecule has 0 radical (unpaired) electrons. The molecule has 0 saturated carbocycles. The van der Waals surface area contributed by atoms with E-state index in [1.165, 1.54) is 4.68 Å². The van der Waals surface area contributed by atoms with Gasteiger partial charge in [0.15, 0.2) is 5.58 Å². The van der Waals surface area contributed by atoms with E-state index in [1.54, 1.807) is 18.6 Å². The van der Waals surface area contributed by atoms with E-state index >= 15 is 0 Å². The van der Waals surface area contributed by atoms with E-state index < -0.39 is 0 Å². The third kappa shape index (κ3) is 2.76. The van der Waals surface area contributed by atoms with Crippen molar-refractivity contribution in [3.05, 3.63) is 55.0 Å². The van der Waals surface area contributed by atoms with Crippen molar-refractivity contribution in [2.75, 3.05) is 6.54 Å². The van der Waals surface area contributed by atoms with E-state index in [2.05, 4.69) is 20.4 Å². The average molecular weight is 333 g/mol. The first-order valence-electron chi connectivity index (χ1n) is 7.90. The van der Waals surface area contributed by atoms with Crippen molar-refractivity contribution >= 4 is 17.1 Å². The Bertz CT molecular complexity index is 1000. The number of hydrogen-bond donors (Lipinski definition) is 1. The van der Waals surface area contributed by atoms with Crippen molar-refractivity contribution in [1.29, 1.82) is 0 Å². The van der Waals surface area contributed by atoms with Crippen LogP contribution in [0.15, 0.2) is 59.4 Å². The maximum absolute atomic E-state index is 12.2. The molecule has 3 aromatic heterocycles. The summed E-state index contributed by atoms with van der Waals surface area (Å²) in [4.78, 5) is 20.7. The zero-order valence-electron chi connectivity index (χ0n) is 13.5. The molecule has 0 aliphatic carbocycles. The molecule has 1 amide bonds. The van der Waals surface area contributed by atoms with Crippen LogP contribution in [0, 0.1) is 0 Å². The molecule has 0 aliphatic rings. The smallest absolute Gasteiger partial charge is 0.342 e. The van der Waals surface area contributed by atoms with Gasteiger partial charge in [0.05, 0.1) is 5.56 Å². The standard InChI is InChI=1S/C18H15N5O2/c1-2-20-18(24)23-11-13(16(22-23)12-7-9-19-10-8-12)17-21-14-5-3-4-6-15(14)25-17/h3-11H,2H2,1H3,(H,20,24). The van der Waals surface area contributed by atoms with Crippen LogP contribution in [0.5, 0.6) is 0 Å². The van der Waals surface area contributed by atoms with Gasteiger partial charge in [-0.1, -0.05) is 12.1 Å². The summed E-state index contributed by atoms with van der Waals surface area (Å²) in [5.41, 5.74) is 3.53. The Morgan fingerprint density at radius 2 is 2.00 bits per heavy atom. The van der Waals surface area contributed by atoms with E-state index in [-0.39, 0.29) is 6.03 Å². The number of carbonyl (C=O) groups excluding carboxylic acids is 1. The van der Waals surface area contributed by atoms with Gasteiger partial charge >= 0.3 is 6.03 Å². The summed E-state index contributed by atoms with van der Waals surface area (Å²) in [6.45, 7) is 2.37. The molecule has 0 saturated heterocycles. The molecule has 3 heterocycles. The highest BCUT2D eigenvalue weighted by molar-refractivity contribution is 5.84. The molecule has 0 atom stereocenters. The highest BCUT2D eigenvalue weighted by atomic mass is 16.3. The number of fused-ring (bicyclic) bond motifs is 1. The summed E-state index contributed by atoms with van der Waals surface area (Å²) in [6, 6.07) is 10.9. The summed E-state index contributed by atoms with van der Waals surface area (Å²) < 4.78 is 7.12. The second-order valence-corrected chi connectivity index (χ2v) is 5.39. The van der Waals surface area contributed by atoms with Gasteiger partial charge in [-0.05, 0) is 31.2 Å². The predicted octanol–water partition coefficient (Wildman–Crippen LogP) is 3.33. The van der Waals surface area contributed by atoms with Crippen molar-refractivity contribution in [2.24, 2.45) is 0 Å². The molecule has 0 spiro atoms. The number of aromatic nitrogens is 4. The lowest BCUT2D eigenvalue weighted by atomic mass is 10.1. The topological polar surface area (TPSA) is 85.8 Å². The van der Waals surface area contributed by atoms with Crippen LogP contribution in [0.25, 0.3) is 33.8 Å². The second-order valence-electron chi connectivity index (χ2n) is 5.39. The third-order valence-electron chi connectivity index (χ3n) is 3.73. The molecule has 7 heteroatoms. The van der Waals surface area contributed by atoms with Gasteiger partial charge in [0, 0.05) is 30.7 Å². The molecule has 1 N–H and O–H groups in total. The van der Waals surface area contributed by atoms with Gasteiger partial charge in [0.25, 0.3) is 0 Å². The minimum Gasteiger partial charge on any atom is -0.436 e. The van der Waals surface area contributed by atoms with Crippen LogP contribution in [0.4, 0.5) is 4.79 Å². The fourth-order valence-corrected chi connectivity index (χ4v) is 2.58. The Labute approximate surface area is 143 Å². The van der Waals surface area contributed by atoms with Crippen LogP contribution in [0.3, 0.4) is 0 Å². The Morgan fingerprint density at radius 1 is 1.20 bits per heavy atom. The molecule has 4 rings (SSSR count). The largest absolute Gasteiger partial charge is 0.436 e. The van der Waals surface area contributed by atoms with Crippen LogP contribution in [-0.2, 0) is 0 Å². The van der Waals surface area contributed by atoms with E-state index in [1.807, 2.05) is 43.3 Å². The van der Waals surface area contributed by atoms with Crippen LogP contribution < -0.4 is 5.32 Å². The van der Waals surface area contributed by atoms with E-state index in [0.717, 1.165) is 11.1 Å². The Kier molecular flexibility index (Phi) is 3.74. The van der Waals surface area contributed by atoms with Crippen LogP contribution in [-0.4, -0.2) is 32.3 Å². The van der Waals surface area contributed by atoms with Crippen molar-refractivity contribution in [3.63, 3.8) is 0 Å². The van der Waals surface area contributed by atoms with Gasteiger partial charge in [-0.2, -0.15) is 9.78 Å². The highest BCUT2D eigenvalue weighted by Crippen LogP contribution is 2.32. The van der Waals surface area contributed by atoms with Crippen molar-refractivity contribution in [2.45, 2.75) is 6.92 Å². The number of carbonyl (C=O) groups is 1. The normalized spacial score (nSPS) is 10.9. The number of oxazole rings is 1. The minimum absolute atomic E-state index is 0.305. The van der Waals surface area contributed by atoms with Gasteiger partial charge in [-0.3, -0.25) is 4.98 Å². The molecule has 25 heavy (non-hydrogen) atoms. The first-order valence-corrected chi connectivity index (χ1v) is 7.90. The van der Waals surface area contributed by atoms with Crippen LogP contribution in [0.1, 0.15) is 6.92 Å². The molecule has 4 aromatic rings. The Hall–Kier alpha value is -3.48. The lowest BCUT2D eigenvalue weighted by molar-refractivity contribution is 0.240. The first kappa shape index (κ1) is 15.1. The fraction of sp³-hybridized carbons (Fsp3) is 0.111. The summed E-state index contributed by atoms with van der Waals surface area (Å²) in [6.07, 6.45) is 4.98. The van der Waals surface area contributed by atoms with Crippen molar-refractivity contribution in [1.82, 2.24) is 25.1 Å². The van der Waals surface area contributed by atoms with Gasteiger partial charge in [-0.25, -0.2) is 9.78 Å². The predicted molar refractivity (Wildman–Crippen MR) is 92.9 cm³/mol. The molecular formula is C18H15N5O2. The zero-order chi connectivity index (χ0) is 17.2. The molecule has 124 valence electrons. The minimum atomic E-state index is -0.305. The zero-order valence-corrected chi connectivity index (χ0v) is 13.5. The molecule has 0 fully saturated rings. The quantitative estimate of drug-likeness (QED) is 0.621. The monoisotopic (exact) mass is 333 g/mol. The molecular weight excluding hydrogens is 318 g/mol. The van der Waals surface area contributed by atoms with Gasteiger partial charge in [0.2, 0.25) is 5.89 Å². The number of nitrogens with one attached hydrogen (secondary N) is 1. The summed E-state index contributed by atoms with van der Waals surface area (Å²) in [5, 5.41) is 7.15. The summed E-state index contributed by atoms with van der Waals surface area (Å²) >= 11 is 0. The molecule has 0 unspecified atom stereocenters. The molecule has 7 nitrogen and oxygen atoms in total. The second kappa shape index (κ2) is 6.20. The number of amides is 1. The highest BCUT2D eigenvalue weighted by Gasteiger charge is 2.20. The van der Waals surface area contributed by atoms with E-state index in [4.69, 9.17) is 4.42 Å². The number of para-hydroxylation sites is 2. The number of rotatable bonds is 3. The fourth-order valence-electron chi connectivity index (χ4n) is 2.58. The SMILES string of the molecule is CCNC(=O)n1cc(-c2nc3ccccc3o2)c(-c2ccncc2)n1. The maximum Gasteiger partial charge on any atom is 0.342 e. The number of benzene rings is 1.